The number of ketones is 1. The number of carbonyl (C=O) groups excluding carboxylic acids is 1. The minimum absolute atomic E-state index is 0.0759. The van der Waals surface area contributed by atoms with Gasteiger partial charge in [-0.25, -0.2) is 4.98 Å². The molecule has 0 amide bonds. The molecule has 1 aromatic carbocycles. The molecule has 20 heavy (non-hydrogen) atoms. The fourth-order valence-corrected chi connectivity index (χ4v) is 1.94. The molecular formula is C17H12N2O. The van der Waals surface area contributed by atoms with Gasteiger partial charge < -0.3 is 0 Å². The normalized spacial score (nSPS) is 11.0. The largest absolute Gasteiger partial charge is 0.289 e. The van der Waals surface area contributed by atoms with E-state index in [4.69, 9.17) is 0 Å². The molecule has 0 aliphatic heterocycles. The predicted octanol–water partition coefficient (Wildman–Crippen LogP) is 3.53. The molecule has 0 fully saturated rings. The van der Waals surface area contributed by atoms with E-state index < -0.39 is 0 Å². The van der Waals surface area contributed by atoms with Crippen molar-refractivity contribution in [3.05, 3.63) is 78.3 Å². The Hall–Kier alpha value is -2.81. The number of para-hydroxylation sites is 1. The quantitative estimate of drug-likeness (QED) is 0.534. The van der Waals surface area contributed by atoms with Crippen LogP contribution in [0.5, 0.6) is 0 Å². The summed E-state index contributed by atoms with van der Waals surface area (Å²) in [7, 11) is 0. The summed E-state index contributed by atoms with van der Waals surface area (Å²) in [6.07, 6.45) is 6.45. The van der Waals surface area contributed by atoms with Crippen LogP contribution < -0.4 is 0 Å². The van der Waals surface area contributed by atoms with Crippen LogP contribution >= 0.6 is 0 Å². The summed E-state index contributed by atoms with van der Waals surface area (Å²) in [4.78, 5) is 20.3. The van der Waals surface area contributed by atoms with Crippen molar-refractivity contribution in [1.82, 2.24) is 9.97 Å². The predicted molar refractivity (Wildman–Crippen MR) is 79.3 cm³/mol. The Morgan fingerprint density at radius 3 is 2.75 bits per heavy atom. The molecule has 0 aliphatic rings. The Balaban J connectivity index is 1.85. The van der Waals surface area contributed by atoms with Crippen molar-refractivity contribution in [2.75, 3.05) is 0 Å². The van der Waals surface area contributed by atoms with Gasteiger partial charge in [0.1, 0.15) is 0 Å². The van der Waals surface area contributed by atoms with Crippen LogP contribution in [0, 0.1) is 0 Å². The molecule has 0 atom stereocenters. The summed E-state index contributed by atoms with van der Waals surface area (Å²) >= 11 is 0. The summed E-state index contributed by atoms with van der Waals surface area (Å²) in [5, 5.41) is 1.09. The zero-order chi connectivity index (χ0) is 13.8. The maximum absolute atomic E-state index is 11.9. The number of pyridine rings is 2. The molecule has 0 spiro atoms. The SMILES string of the molecule is O=C(/C=C/c1ccc2ccccc2n1)c1cccnc1. The van der Waals surface area contributed by atoms with Crippen LogP contribution in [0.25, 0.3) is 17.0 Å². The highest BCUT2D eigenvalue weighted by Crippen LogP contribution is 2.12. The minimum atomic E-state index is -0.0759. The lowest BCUT2D eigenvalue weighted by atomic mass is 10.1. The molecule has 3 heteroatoms. The minimum Gasteiger partial charge on any atom is -0.289 e. The van der Waals surface area contributed by atoms with Crippen LogP contribution in [0.4, 0.5) is 0 Å². The highest BCUT2D eigenvalue weighted by Gasteiger charge is 2.01. The van der Waals surface area contributed by atoms with Gasteiger partial charge in [-0.2, -0.15) is 0 Å². The first-order valence-corrected chi connectivity index (χ1v) is 6.31. The van der Waals surface area contributed by atoms with Crippen molar-refractivity contribution in [3.8, 4) is 0 Å². The number of benzene rings is 1. The summed E-state index contributed by atoms with van der Waals surface area (Å²) in [5.74, 6) is -0.0759. The smallest absolute Gasteiger partial charge is 0.187 e. The van der Waals surface area contributed by atoms with E-state index >= 15 is 0 Å². The molecular weight excluding hydrogens is 248 g/mol. The average molecular weight is 260 g/mol. The molecule has 0 saturated heterocycles. The summed E-state index contributed by atoms with van der Waals surface area (Å²) in [6, 6.07) is 15.3. The monoisotopic (exact) mass is 260 g/mol. The maximum Gasteiger partial charge on any atom is 0.187 e. The maximum atomic E-state index is 11.9. The third kappa shape index (κ3) is 2.62. The number of allylic oxidation sites excluding steroid dienone is 1. The first-order chi connectivity index (χ1) is 9.83. The molecule has 3 nitrogen and oxygen atoms in total. The molecule has 96 valence electrons. The van der Waals surface area contributed by atoms with Gasteiger partial charge in [-0.15, -0.1) is 0 Å². The third-order valence-corrected chi connectivity index (χ3v) is 2.97. The van der Waals surface area contributed by atoms with E-state index in [-0.39, 0.29) is 5.78 Å². The average Bonchev–Trinajstić information content (AvgIpc) is 2.53. The van der Waals surface area contributed by atoms with Crippen LogP contribution in [-0.4, -0.2) is 15.8 Å². The van der Waals surface area contributed by atoms with Gasteiger partial charge >= 0.3 is 0 Å². The number of rotatable bonds is 3. The van der Waals surface area contributed by atoms with Crippen molar-refractivity contribution in [1.29, 1.82) is 0 Å². The molecule has 0 saturated carbocycles. The molecule has 3 aromatic rings. The molecule has 2 heterocycles. The highest BCUT2D eigenvalue weighted by atomic mass is 16.1. The van der Waals surface area contributed by atoms with Gasteiger partial charge in [-0.3, -0.25) is 9.78 Å². The first kappa shape index (κ1) is 12.2. The molecule has 0 aliphatic carbocycles. The lowest BCUT2D eigenvalue weighted by Crippen LogP contribution is -1.94. The lowest BCUT2D eigenvalue weighted by Gasteiger charge is -1.98. The number of nitrogens with zero attached hydrogens (tertiary/aromatic N) is 2. The fraction of sp³-hybridized carbons (Fsp3) is 0. The van der Waals surface area contributed by atoms with E-state index in [1.807, 2.05) is 36.4 Å². The highest BCUT2D eigenvalue weighted by molar-refractivity contribution is 6.06. The van der Waals surface area contributed by atoms with Gasteiger partial charge in [0.15, 0.2) is 5.78 Å². The van der Waals surface area contributed by atoms with E-state index in [0.29, 0.717) is 5.56 Å². The Kier molecular flexibility index (Phi) is 3.33. The third-order valence-electron chi connectivity index (χ3n) is 2.97. The van der Waals surface area contributed by atoms with E-state index in [1.165, 1.54) is 6.08 Å². The van der Waals surface area contributed by atoms with Crippen molar-refractivity contribution >= 4 is 22.8 Å². The molecule has 0 radical (unpaired) electrons. The van der Waals surface area contributed by atoms with Gasteiger partial charge in [0.2, 0.25) is 0 Å². The van der Waals surface area contributed by atoms with Crippen LogP contribution in [0.2, 0.25) is 0 Å². The molecule has 2 aromatic heterocycles. The van der Waals surface area contributed by atoms with Crippen LogP contribution in [0.3, 0.4) is 0 Å². The zero-order valence-electron chi connectivity index (χ0n) is 10.7. The summed E-state index contributed by atoms with van der Waals surface area (Å²) in [5.41, 5.74) is 2.26. The number of carbonyl (C=O) groups is 1. The van der Waals surface area contributed by atoms with Gasteiger partial charge in [0, 0.05) is 23.3 Å². The van der Waals surface area contributed by atoms with Gasteiger partial charge in [-0.1, -0.05) is 24.3 Å². The molecule has 0 unspecified atom stereocenters. The van der Waals surface area contributed by atoms with Crippen molar-refractivity contribution < 1.29 is 4.79 Å². The van der Waals surface area contributed by atoms with E-state index in [9.17, 15) is 4.79 Å². The Morgan fingerprint density at radius 1 is 1.00 bits per heavy atom. The Bertz CT molecular complexity index is 779. The second kappa shape index (κ2) is 5.45. The van der Waals surface area contributed by atoms with Crippen molar-refractivity contribution in [2.45, 2.75) is 0 Å². The second-order valence-electron chi connectivity index (χ2n) is 4.37. The number of hydrogen-bond acceptors (Lipinski definition) is 3. The van der Waals surface area contributed by atoms with Crippen LogP contribution in [-0.2, 0) is 0 Å². The van der Waals surface area contributed by atoms with Crippen LogP contribution in [0.15, 0.2) is 67.0 Å². The fourth-order valence-electron chi connectivity index (χ4n) is 1.94. The van der Waals surface area contributed by atoms with E-state index in [0.717, 1.165) is 16.6 Å². The van der Waals surface area contributed by atoms with Crippen LogP contribution in [0.1, 0.15) is 16.1 Å². The number of fused-ring (bicyclic) bond motifs is 1. The van der Waals surface area contributed by atoms with E-state index in [2.05, 4.69) is 9.97 Å². The van der Waals surface area contributed by atoms with Gasteiger partial charge in [-0.05, 0) is 36.4 Å². The molecule has 0 bridgehead atoms. The van der Waals surface area contributed by atoms with E-state index in [1.54, 1.807) is 30.6 Å². The topological polar surface area (TPSA) is 42.9 Å². The zero-order valence-corrected chi connectivity index (χ0v) is 10.7. The first-order valence-electron chi connectivity index (χ1n) is 6.31. The van der Waals surface area contributed by atoms with Gasteiger partial charge in [0.05, 0.1) is 11.2 Å². The molecule has 3 rings (SSSR count). The lowest BCUT2D eigenvalue weighted by molar-refractivity contribution is 0.104. The summed E-state index contributed by atoms with van der Waals surface area (Å²) < 4.78 is 0. The number of hydrogen-bond donors (Lipinski definition) is 0. The Labute approximate surface area is 116 Å². The Morgan fingerprint density at radius 2 is 1.90 bits per heavy atom. The van der Waals surface area contributed by atoms with Crippen molar-refractivity contribution in [3.63, 3.8) is 0 Å². The van der Waals surface area contributed by atoms with Gasteiger partial charge in [0.25, 0.3) is 0 Å². The number of aromatic nitrogens is 2. The summed E-state index contributed by atoms with van der Waals surface area (Å²) in [6.45, 7) is 0. The standard InChI is InChI=1S/C17H12N2O/c20-17(14-5-3-11-18-12-14)10-9-15-8-7-13-4-1-2-6-16(13)19-15/h1-12H/b10-9+. The van der Waals surface area contributed by atoms with Crippen molar-refractivity contribution in [2.24, 2.45) is 0 Å². The second-order valence-corrected chi connectivity index (χ2v) is 4.37. The molecule has 0 N–H and O–H groups in total.